The van der Waals surface area contributed by atoms with Gasteiger partial charge in [-0.05, 0) is 93.2 Å². The quantitative estimate of drug-likeness (QED) is 0.229. The fourth-order valence-electron chi connectivity index (χ4n) is 4.99. The van der Waals surface area contributed by atoms with Gasteiger partial charge in [0, 0.05) is 28.6 Å². The summed E-state index contributed by atoms with van der Waals surface area (Å²) in [4.78, 5) is 7.50. The van der Waals surface area contributed by atoms with Gasteiger partial charge in [0.05, 0.1) is 23.8 Å². The number of hydrogen-bond acceptors (Lipinski definition) is 6. The Labute approximate surface area is 221 Å². The molecule has 4 rings (SSSR count). The van der Waals surface area contributed by atoms with Gasteiger partial charge in [-0.25, -0.2) is 4.39 Å². The number of pyridine rings is 1. The van der Waals surface area contributed by atoms with Crippen LogP contribution in [-0.2, 0) is 0 Å². The average molecular weight is 533 g/mol. The molecule has 0 spiro atoms. The fourth-order valence-corrected chi connectivity index (χ4v) is 6.14. The zero-order valence-corrected chi connectivity index (χ0v) is 22.2. The van der Waals surface area contributed by atoms with Crippen molar-refractivity contribution in [3.05, 3.63) is 65.1 Å². The van der Waals surface area contributed by atoms with Crippen LogP contribution in [0.2, 0.25) is 5.02 Å². The molecule has 2 N–H and O–H groups in total. The molecule has 8 heteroatoms. The van der Waals surface area contributed by atoms with Gasteiger partial charge in [0.15, 0.2) is 0 Å². The Hall–Kier alpha value is -1.90. The first-order chi connectivity index (χ1) is 17.4. The number of methoxy groups -OCH3 is 1. The third-order valence-corrected chi connectivity index (χ3v) is 8.75. The number of piperidine rings is 1. The van der Waals surface area contributed by atoms with Crippen LogP contribution < -0.4 is 4.74 Å². The molecular weight excluding hydrogens is 499 g/mol. The number of halogens is 2. The minimum atomic E-state index is -0.757. The van der Waals surface area contributed by atoms with Crippen molar-refractivity contribution in [2.75, 3.05) is 39.1 Å². The van der Waals surface area contributed by atoms with Gasteiger partial charge in [0.25, 0.3) is 0 Å². The number of aliphatic hydroxyl groups is 2. The molecule has 2 aromatic carbocycles. The maximum Gasteiger partial charge on any atom is 0.136 e. The van der Waals surface area contributed by atoms with Gasteiger partial charge in [-0.1, -0.05) is 23.7 Å². The molecule has 0 aliphatic carbocycles. The van der Waals surface area contributed by atoms with Crippen molar-refractivity contribution in [1.82, 2.24) is 9.88 Å². The monoisotopic (exact) mass is 532 g/mol. The predicted octanol–water partition coefficient (Wildman–Crippen LogP) is 6.11. The standard InChI is InChI=1S/C28H34ClFN2O3S/c1-35-20-7-8-24-21(17-20)27(22(29)18-31-24)25(34)9-10-28(19-33)11-14-32(15-12-28)13-4-16-36-26-6-3-2-5-23(26)30/h2-3,5-8,17-18,25,33-34H,4,9-16,19H2,1H3/t25-/m1/s1. The van der Waals surface area contributed by atoms with Crippen LogP contribution in [0.5, 0.6) is 5.75 Å². The summed E-state index contributed by atoms with van der Waals surface area (Å²) in [5.41, 5.74) is 1.22. The molecule has 194 valence electrons. The first-order valence-corrected chi connectivity index (χ1v) is 13.8. The molecule has 1 fully saturated rings. The van der Waals surface area contributed by atoms with Crippen molar-refractivity contribution in [3.8, 4) is 5.75 Å². The molecule has 1 aliphatic heterocycles. The second-order valence-electron chi connectivity index (χ2n) is 9.59. The van der Waals surface area contributed by atoms with Gasteiger partial charge in [-0.15, -0.1) is 11.8 Å². The molecule has 0 unspecified atom stereocenters. The number of benzene rings is 2. The highest BCUT2D eigenvalue weighted by molar-refractivity contribution is 7.99. The van der Waals surface area contributed by atoms with Gasteiger partial charge >= 0.3 is 0 Å². The van der Waals surface area contributed by atoms with Crippen molar-refractivity contribution >= 4 is 34.3 Å². The van der Waals surface area contributed by atoms with Crippen LogP contribution >= 0.6 is 23.4 Å². The van der Waals surface area contributed by atoms with E-state index in [2.05, 4.69) is 9.88 Å². The molecule has 0 bridgehead atoms. The summed E-state index contributed by atoms with van der Waals surface area (Å²) < 4.78 is 19.1. The number of ether oxygens (including phenoxy) is 1. The first kappa shape index (κ1) is 27.1. The van der Waals surface area contributed by atoms with Gasteiger partial charge in [-0.3, -0.25) is 4.98 Å². The van der Waals surface area contributed by atoms with Crippen LogP contribution in [0.1, 0.15) is 43.8 Å². The number of aliphatic hydroxyl groups excluding tert-OH is 2. The summed E-state index contributed by atoms with van der Waals surface area (Å²) in [6.07, 6.45) is 4.80. The van der Waals surface area contributed by atoms with E-state index in [4.69, 9.17) is 16.3 Å². The SMILES string of the molecule is COc1ccc2ncc(Cl)c([C@H](O)CCC3(CO)CCN(CCCSc4ccccc4F)CC3)c2c1. The number of thioether (sulfide) groups is 1. The molecule has 0 amide bonds. The van der Waals surface area contributed by atoms with Crippen molar-refractivity contribution in [1.29, 1.82) is 0 Å². The van der Waals surface area contributed by atoms with E-state index in [0.717, 1.165) is 55.6 Å². The van der Waals surface area contributed by atoms with Crippen molar-refractivity contribution < 1.29 is 19.3 Å². The highest BCUT2D eigenvalue weighted by Crippen LogP contribution is 2.40. The molecule has 5 nitrogen and oxygen atoms in total. The van der Waals surface area contributed by atoms with Crippen molar-refractivity contribution in [2.45, 2.75) is 43.1 Å². The predicted molar refractivity (Wildman–Crippen MR) is 144 cm³/mol. The Kier molecular flexibility index (Phi) is 9.47. The van der Waals surface area contributed by atoms with E-state index in [0.29, 0.717) is 34.1 Å². The lowest BCUT2D eigenvalue weighted by molar-refractivity contribution is 0.0238. The normalized spacial score (nSPS) is 16.8. The third kappa shape index (κ3) is 6.50. The molecule has 1 aromatic heterocycles. The summed E-state index contributed by atoms with van der Waals surface area (Å²) in [6.45, 7) is 2.90. The Morgan fingerprint density at radius 1 is 1.22 bits per heavy atom. The van der Waals surface area contributed by atoms with E-state index in [1.807, 2.05) is 30.3 Å². The molecule has 0 saturated carbocycles. The zero-order chi connectivity index (χ0) is 25.5. The van der Waals surface area contributed by atoms with E-state index in [1.54, 1.807) is 31.1 Å². The van der Waals surface area contributed by atoms with Gasteiger partial charge in [0.2, 0.25) is 0 Å². The summed E-state index contributed by atoms with van der Waals surface area (Å²) in [7, 11) is 1.61. The number of fused-ring (bicyclic) bond motifs is 1. The molecular formula is C28H34ClFN2O3S. The van der Waals surface area contributed by atoms with Gasteiger partial charge in [-0.2, -0.15) is 0 Å². The number of likely N-dealkylation sites (tertiary alicyclic amines) is 1. The smallest absolute Gasteiger partial charge is 0.136 e. The maximum atomic E-state index is 13.8. The Morgan fingerprint density at radius 2 is 2.00 bits per heavy atom. The van der Waals surface area contributed by atoms with E-state index < -0.39 is 6.10 Å². The second-order valence-corrected chi connectivity index (χ2v) is 11.1. The van der Waals surface area contributed by atoms with E-state index in [9.17, 15) is 14.6 Å². The number of rotatable bonds is 11. The minimum Gasteiger partial charge on any atom is -0.497 e. The van der Waals surface area contributed by atoms with Crippen LogP contribution in [0, 0.1) is 11.2 Å². The second kappa shape index (κ2) is 12.6. The van der Waals surface area contributed by atoms with E-state index in [-0.39, 0.29) is 17.8 Å². The first-order valence-electron chi connectivity index (χ1n) is 12.5. The lowest BCUT2D eigenvalue weighted by Crippen LogP contribution is -2.42. The van der Waals surface area contributed by atoms with Crippen LogP contribution in [0.4, 0.5) is 4.39 Å². The third-order valence-electron chi connectivity index (χ3n) is 7.31. The lowest BCUT2D eigenvalue weighted by Gasteiger charge is -2.41. The summed E-state index contributed by atoms with van der Waals surface area (Å²) in [5.74, 6) is 1.40. The van der Waals surface area contributed by atoms with Crippen molar-refractivity contribution in [3.63, 3.8) is 0 Å². The van der Waals surface area contributed by atoms with Gasteiger partial charge < -0.3 is 19.8 Å². The molecule has 36 heavy (non-hydrogen) atoms. The van der Waals surface area contributed by atoms with Crippen LogP contribution in [-0.4, -0.2) is 59.2 Å². The van der Waals surface area contributed by atoms with Crippen LogP contribution in [0.25, 0.3) is 10.9 Å². The van der Waals surface area contributed by atoms with Crippen molar-refractivity contribution in [2.24, 2.45) is 5.41 Å². The fraction of sp³-hybridized carbons (Fsp3) is 0.464. The van der Waals surface area contributed by atoms with Crippen LogP contribution in [0.15, 0.2) is 53.6 Å². The Balaban J connectivity index is 1.30. The Bertz CT molecular complexity index is 1160. The number of aromatic nitrogens is 1. The molecule has 3 aromatic rings. The Morgan fingerprint density at radius 3 is 2.72 bits per heavy atom. The molecule has 1 aliphatic rings. The van der Waals surface area contributed by atoms with E-state index >= 15 is 0 Å². The molecule has 0 radical (unpaired) electrons. The minimum absolute atomic E-state index is 0.106. The zero-order valence-electron chi connectivity index (χ0n) is 20.6. The van der Waals surface area contributed by atoms with Gasteiger partial charge in [0.1, 0.15) is 11.6 Å². The summed E-state index contributed by atoms with van der Waals surface area (Å²) in [6, 6.07) is 12.5. The molecule has 2 heterocycles. The van der Waals surface area contributed by atoms with E-state index in [1.165, 1.54) is 6.07 Å². The molecule has 1 saturated heterocycles. The summed E-state index contributed by atoms with van der Waals surface area (Å²) in [5, 5.41) is 22.6. The summed E-state index contributed by atoms with van der Waals surface area (Å²) >= 11 is 8.03. The molecule has 1 atom stereocenters. The lowest BCUT2D eigenvalue weighted by atomic mass is 9.74. The maximum absolute atomic E-state index is 13.8. The largest absolute Gasteiger partial charge is 0.497 e. The van der Waals surface area contributed by atoms with Crippen LogP contribution in [0.3, 0.4) is 0 Å². The number of nitrogens with zero attached hydrogens (tertiary/aromatic N) is 2. The highest BCUT2D eigenvalue weighted by atomic mass is 35.5. The average Bonchev–Trinajstić information content (AvgIpc) is 2.91. The topological polar surface area (TPSA) is 65.8 Å². The number of hydrogen-bond donors (Lipinski definition) is 2. The highest BCUT2D eigenvalue weighted by Gasteiger charge is 2.34.